The van der Waals surface area contributed by atoms with Crippen LogP contribution in [0.4, 0.5) is 5.95 Å². The van der Waals surface area contributed by atoms with Crippen LogP contribution in [0, 0.1) is 13.8 Å². The maximum Gasteiger partial charge on any atom is 0.223 e. The lowest BCUT2D eigenvalue weighted by molar-refractivity contribution is -0.121. The Morgan fingerprint density at radius 3 is 2.53 bits per heavy atom. The topological polar surface area (TPSA) is 66.9 Å². The molecule has 0 spiro atoms. The average Bonchev–Trinajstić information content (AvgIpc) is 2.33. The van der Waals surface area contributed by atoms with Crippen molar-refractivity contribution in [1.29, 1.82) is 0 Å². The highest BCUT2D eigenvalue weighted by atomic mass is 16.1. The van der Waals surface area contributed by atoms with Crippen molar-refractivity contribution in [2.75, 3.05) is 11.9 Å². The average molecular weight is 264 g/mol. The van der Waals surface area contributed by atoms with Gasteiger partial charge >= 0.3 is 0 Å². The van der Waals surface area contributed by atoms with Gasteiger partial charge < -0.3 is 10.6 Å². The lowest BCUT2D eigenvalue weighted by Gasteiger charge is -2.11. The van der Waals surface area contributed by atoms with E-state index < -0.39 is 0 Å². The Morgan fingerprint density at radius 1 is 1.32 bits per heavy atom. The van der Waals surface area contributed by atoms with Crippen LogP contribution < -0.4 is 10.6 Å². The number of hydrogen-bond donors (Lipinski definition) is 2. The highest BCUT2D eigenvalue weighted by Gasteiger charge is 2.05. The Kier molecular flexibility index (Phi) is 6.25. The molecule has 1 amide bonds. The molecule has 0 aromatic carbocycles. The second-order valence-corrected chi connectivity index (χ2v) is 4.88. The molecule has 1 heterocycles. The van der Waals surface area contributed by atoms with Gasteiger partial charge in [0, 0.05) is 30.4 Å². The zero-order valence-electron chi connectivity index (χ0n) is 12.3. The summed E-state index contributed by atoms with van der Waals surface area (Å²) in [6, 6.07) is 2.19. The molecule has 1 aromatic rings. The van der Waals surface area contributed by atoms with Crippen molar-refractivity contribution >= 4 is 11.9 Å². The summed E-state index contributed by atoms with van der Waals surface area (Å²) in [5, 5.41) is 6.10. The van der Waals surface area contributed by atoms with E-state index in [0.29, 0.717) is 18.9 Å². The summed E-state index contributed by atoms with van der Waals surface area (Å²) in [6.45, 7) is 8.67. The van der Waals surface area contributed by atoms with Gasteiger partial charge in [0.2, 0.25) is 11.9 Å². The monoisotopic (exact) mass is 264 g/mol. The quantitative estimate of drug-likeness (QED) is 0.741. The zero-order chi connectivity index (χ0) is 14.3. The molecule has 19 heavy (non-hydrogen) atoms. The largest absolute Gasteiger partial charge is 0.354 e. The van der Waals surface area contributed by atoms with Crippen LogP contribution in [-0.2, 0) is 4.79 Å². The molecule has 1 unspecified atom stereocenters. The summed E-state index contributed by atoms with van der Waals surface area (Å²) in [5.41, 5.74) is 1.90. The number of carbonyl (C=O) groups excluding carboxylic acids is 1. The fraction of sp³-hybridized carbons (Fsp3) is 0.643. The third kappa shape index (κ3) is 6.18. The summed E-state index contributed by atoms with van der Waals surface area (Å²) in [7, 11) is 0. The first kappa shape index (κ1) is 15.4. The zero-order valence-corrected chi connectivity index (χ0v) is 12.3. The summed E-state index contributed by atoms with van der Waals surface area (Å²) >= 11 is 0. The number of hydrogen-bond acceptors (Lipinski definition) is 4. The summed E-state index contributed by atoms with van der Waals surface area (Å²) in [6.07, 6.45) is 2.27. The van der Waals surface area contributed by atoms with Crippen LogP contribution in [0.2, 0.25) is 0 Å². The molecule has 2 N–H and O–H groups in total. The van der Waals surface area contributed by atoms with E-state index in [9.17, 15) is 4.79 Å². The van der Waals surface area contributed by atoms with E-state index in [1.54, 1.807) is 0 Å². The maximum absolute atomic E-state index is 11.6. The van der Waals surface area contributed by atoms with E-state index in [-0.39, 0.29) is 11.9 Å². The van der Waals surface area contributed by atoms with E-state index in [1.165, 1.54) is 0 Å². The van der Waals surface area contributed by atoms with Gasteiger partial charge in [0.1, 0.15) is 0 Å². The van der Waals surface area contributed by atoms with Crippen LogP contribution in [0.15, 0.2) is 6.07 Å². The second kappa shape index (κ2) is 7.71. The van der Waals surface area contributed by atoms with Crippen molar-refractivity contribution in [3.63, 3.8) is 0 Å². The lowest BCUT2D eigenvalue weighted by Crippen LogP contribution is -2.32. The fourth-order valence-corrected chi connectivity index (χ4v) is 1.70. The van der Waals surface area contributed by atoms with E-state index in [0.717, 1.165) is 24.2 Å². The van der Waals surface area contributed by atoms with Crippen molar-refractivity contribution in [2.45, 2.75) is 53.0 Å². The van der Waals surface area contributed by atoms with Crippen LogP contribution >= 0.6 is 0 Å². The summed E-state index contributed by atoms with van der Waals surface area (Å²) < 4.78 is 0. The van der Waals surface area contributed by atoms with E-state index in [1.807, 2.05) is 26.8 Å². The smallest absolute Gasteiger partial charge is 0.223 e. The Balaban J connectivity index is 2.25. The molecule has 0 aliphatic carbocycles. The van der Waals surface area contributed by atoms with Crippen molar-refractivity contribution < 1.29 is 4.79 Å². The molecule has 0 aliphatic rings. The Labute approximate surface area is 115 Å². The molecule has 5 nitrogen and oxygen atoms in total. The third-order valence-corrected chi connectivity index (χ3v) is 2.87. The Bertz CT molecular complexity index is 400. The number of aryl methyl sites for hydroxylation is 2. The maximum atomic E-state index is 11.6. The number of rotatable bonds is 7. The molecule has 0 fully saturated rings. The first-order chi connectivity index (χ1) is 9.01. The molecule has 1 aromatic heterocycles. The van der Waals surface area contributed by atoms with Crippen molar-refractivity contribution in [1.82, 2.24) is 15.3 Å². The lowest BCUT2D eigenvalue weighted by atomic mass is 10.2. The fourth-order valence-electron chi connectivity index (χ4n) is 1.70. The predicted molar refractivity (Wildman–Crippen MR) is 77.1 cm³/mol. The number of nitrogens with one attached hydrogen (secondary N) is 2. The van der Waals surface area contributed by atoms with Gasteiger partial charge in [-0.1, -0.05) is 6.92 Å². The molecular formula is C14H24N4O. The number of anilines is 1. The third-order valence-electron chi connectivity index (χ3n) is 2.87. The van der Waals surface area contributed by atoms with Crippen molar-refractivity contribution in [2.24, 2.45) is 0 Å². The van der Waals surface area contributed by atoms with Crippen LogP contribution in [0.3, 0.4) is 0 Å². The van der Waals surface area contributed by atoms with Gasteiger partial charge in [-0.3, -0.25) is 4.79 Å². The molecule has 0 saturated heterocycles. The summed E-state index contributed by atoms with van der Waals surface area (Å²) in [5.74, 6) is 0.748. The number of amides is 1. The molecule has 0 bridgehead atoms. The van der Waals surface area contributed by atoms with Gasteiger partial charge in [-0.15, -0.1) is 0 Å². The van der Waals surface area contributed by atoms with Gasteiger partial charge in [-0.25, -0.2) is 9.97 Å². The second-order valence-electron chi connectivity index (χ2n) is 4.88. The van der Waals surface area contributed by atoms with Crippen molar-refractivity contribution in [3.05, 3.63) is 17.5 Å². The molecule has 1 rings (SSSR count). The van der Waals surface area contributed by atoms with Gasteiger partial charge in [0.05, 0.1) is 0 Å². The molecule has 1 atom stereocenters. The van der Waals surface area contributed by atoms with Crippen LogP contribution in [0.25, 0.3) is 0 Å². The molecule has 0 saturated carbocycles. The Hall–Kier alpha value is -1.65. The van der Waals surface area contributed by atoms with Crippen molar-refractivity contribution in [3.8, 4) is 0 Å². The minimum Gasteiger partial charge on any atom is -0.354 e. The number of nitrogens with zero attached hydrogens (tertiary/aromatic N) is 2. The first-order valence-corrected chi connectivity index (χ1v) is 6.86. The van der Waals surface area contributed by atoms with Gasteiger partial charge in [-0.2, -0.15) is 0 Å². The summed E-state index contributed by atoms with van der Waals surface area (Å²) in [4.78, 5) is 20.1. The SMILES string of the molecule is CCC(C)NC(=O)CCCNc1nc(C)cc(C)n1. The molecular weight excluding hydrogens is 240 g/mol. The van der Waals surface area contributed by atoms with Crippen LogP contribution in [-0.4, -0.2) is 28.5 Å². The minimum absolute atomic E-state index is 0.109. The van der Waals surface area contributed by atoms with E-state index in [4.69, 9.17) is 0 Å². The number of aromatic nitrogens is 2. The normalized spacial score (nSPS) is 12.0. The molecule has 0 aliphatic heterocycles. The Morgan fingerprint density at radius 2 is 1.95 bits per heavy atom. The van der Waals surface area contributed by atoms with Gasteiger partial charge in [-0.05, 0) is 39.7 Å². The van der Waals surface area contributed by atoms with E-state index in [2.05, 4.69) is 27.5 Å². The highest BCUT2D eigenvalue weighted by molar-refractivity contribution is 5.76. The minimum atomic E-state index is 0.109. The van der Waals surface area contributed by atoms with Crippen LogP contribution in [0.1, 0.15) is 44.5 Å². The molecule has 0 radical (unpaired) electrons. The van der Waals surface area contributed by atoms with E-state index >= 15 is 0 Å². The standard InChI is InChI=1S/C14H24N4O/c1-5-10(2)16-13(19)7-6-8-15-14-17-11(3)9-12(4)18-14/h9-10H,5-8H2,1-4H3,(H,16,19)(H,15,17,18). The molecule has 106 valence electrons. The highest BCUT2D eigenvalue weighted by Crippen LogP contribution is 2.04. The first-order valence-electron chi connectivity index (χ1n) is 6.86. The van der Waals surface area contributed by atoms with Gasteiger partial charge in [0.15, 0.2) is 0 Å². The molecule has 5 heteroatoms. The van der Waals surface area contributed by atoms with Crippen LogP contribution in [0.5, 0.6) is 0 Å². The van der Waals surface area contributed by atoms with Gasteiger partial charge in [0.25, 0.3) is 0 Å². The predicted octanol–water partition coefficient (Wildman–Crippen LogP) is 2.20. The number of carbonyl (C=O) groups is 1.